The van der Waals surface area contributed by atoms with Crippen molar-refractivity contribution in [2.24, 2.45) is 0 Å². The zero-order chi connectivity index (χ0) is 14.1. The van der Waals surface area contributed by atoms with Crippen molar-refractivity contribution in [3.05, 3.63) is 45.8 Å². The number of carbonyl (C=O) groups excluding carboxylic acids is 1. The molecule has 104 valence electrons. The van der Waals surface area contributed by atoms with E-state index in [-0.39, 0.29) is 11.9 Å². The number of hydrogen-bond donors (Lipinski definition) is 1. The summed E-state index contributed by atoms with van der Waals surface area (Å²) < 4.78 is 6.27. The average Bonchev–Trinajstić information content (AvgIpc) is 2.77. The minimum absolute atomic E-state index is 0.0929. The van der Waals surface area contributed by atoms with Crippen LogP contribution in [0.4, 0.5) is 6.01 Å². The van der Waals surface area contributed by atoms with Crippen molar-refractivity contribution >= 4 is 27.9 Å². The Bertz CT molecular complexity index is 654. The van der Waals surface area contributed by atoms with Crippen LogP contribution in [0.1, 0.15) is 17.0 Å². The van der Waals surface area contributed by atoms with Crippen molar-refractivity contribution in [3.63, 3.8) is 0 Å². The Morgan fingerprint density at radius 3 is 3.15 bits per heavy atom. The minimum atomic E-state index is 0.0929. The average molecular weight is 336 g/mol. The van der Waals surface area contributed by atoms with E-state index in [9.17, 15) is 4.79 Å². The number of halogens is 1. The van der Waals surface area contributed by atoms with Crippen LogP contribution in [0.2, 0.25) is 0 Å². The molecule has 20 heavy (non-hydrogen) atoms. The highest BCUT2D eigenvalue weighted by molar-refractivity contribution is 9.10. The highest BCUT2D eigenvalue weighted by Crippen LogP contribution is 2.21. The number of amides is 1. The lowest BCUT2D eigenvalue weighted by Crippen LogP contribution is -2.36. The van der Waals surface area contributed by atoms with E-state index in [1.807, 2.05) is 24.3 Å². The molecule has 2 aromatic rings. The van der Waals surface area contributed by atoms with E-state index in [1.54, 1.807) is 4.90 Å². The molecule has 2 N–H and O–H groups in total. The van der Waals surface area contributed by atoms with Crippen LogP contribution in [0.3, 0.4) is 0 Å². The van der Waals surface area contributed by atoms with Gasteiger partial charge in [0.25, 0.3) is 6.01 Å². The van der Waals surface area contributed by atoms with Crippen LogP contribution in [0, 0.1) is 0 Å². The fourth-order valence-electron chi connectivity index (χ4n) is 2.36. The molecule has 0 aliphatic carbocycles. The van der Waals surface area contributed by atoms with Crippen LogP contribution in [-0.2, 0) is 24.2 Å². The summed E-state index contributed by atoms with van der Waals surface area (Å²) in [6.45, 7) is 1.12. The molecule has 1 aliphatic heterocycles. The van der Waals surface area contributed by atoms with Gasteiger partial charge in [-0.2, -0.15) is 4.98 Å². The van der Waals surface area contributed by atoms with E-state index >= 15 is 0 Å². The first-order chi connectivity index (χ1) is 9.61. The Kier molecular flexibility index (Phi) is 3.48. The number of oxazole rings is 1. The van der Waals surface area contributed by atoms with Crippen molar-refractivity contribution in [2.45, 2.75) is 19.4 Å². The number of nitrogens with zero attached hydrogens (tertiary/aromatic N) is 2. The van der Waals surface area contributed by atoms with E-state index < -0.39 is 0 Å². The molecule has 0 spiro atoms. The molecule has 5 nitrogen and oxygen atoms in total. The van der Waals surface area contributed by atoms with Crippen molar-refractivity contribution in [1.29, 1.82) is 0 Å². The van der Waals surface area contributed by atoms with Gasteiger partial charge >= 0.3 is 0 Å². The van der Waals surface area contributed by atoms with Gasteiger partial charge in [0.15, 0.2) is 0 Å². The molecule has 1 aliphatic rings. The molecule has 2 heterocycles. The maximum Gasteiger partial charge on any atom is 0.292 e. The third kappa shape index (κ3) is 2.70. The van der Waals surface area contributed by atoms with E-state index in [4.69, 9.17) is 10.2 Å². The van der Waals surface area contributed by atoms with Crippen LogP contribution in [0.25, 0.3) is 0 Å². The first-order valence-corrected chi connectivity index (χ1v) is 7.17. The Morgan fingerprint density at radius 2 is 2.35 bits per heavy atom. The lowest BCUT2D eigenvalue weighted by molar-refractivity contribution is -0.131. The highest BCUT2D eigenvalue weighted by atomic mass is 79.9. The molecule has 3 rings (SSSR count). The van der Waals surface area contributed by atoms with E-state index in [0.29, 0.717) is 25.9 Å². The summed E-state index contributed by atoms with van der Waals surface area (Å²) in [6, 6.07) is 7.96. The first-order valence-electron chi connectivity index (χ1n) is 6.38. The van der Waals surface area contributed by atoms with E-state index in [0.717, 1.165) is 21.5 Å². The zero-order valence-corrected chi connectivity index (χ0v) is 12.4. The van der Waals surface area contributed by atoms with Gasteiger partial charge in [0, 0.05) is 17.4 Å². The number of nitrogens with two attached hydrogens (primary N) is 1. The van der Waals surface area contributed by atoms with Crippen LogP contribution in [0.15, 0.2) is 33.2 Å². The summed E-state index contributed by atoms with van der Waals surface area (Å²) in [6.07, 6.45) is 1.06. The second kappa shape index (κ2) is 5.28. The van der Waals surface area contributed by atoms with Crippen molar-refractivity contribution < 1.29 is 9.21 Å². The molecule has 0 saturated carbocycles. The molecule has 1 amide bonds. The van der Waals surface area contributed by atoms with Crippen molar-refractivity contribution in [1.82, 2.24) is 9.88 Å². The number of anilines is 1. The van der Waals surface area contributed by atoms with Gasteiger partial charge in [-0.3, -0.25) is 4.79 Å². The molecule has 0 radical (unpaired) electrons. The van der Waals surface area contributed by atoms with E-state index in [1.165, 1.54) is 0 Å². The molecule has 0 unspecified atom stereocenters. The number of aromatic nitrogens is 1. The van der Waals surface area contributed by atoms with Gasteiger partial charge in [-0.1, -0.05) is 28.1 Å². The summed E-state index contributed by atoms with van der Waals surface area (Å²) in [4.78, 5) is 18.2. The van der Waals surface area contributed by atoms with Crippen LogP contribution in [0.5, 0.6) is 0 Å². The molecular weight excluding hydrogens is 322 g/mol. The lowest BCUT2D eigenvalue weighted by Gasteiger charge is -2.25. The fourth-order valence-corrected chi connectivity index (χ4v) is 2.81. The summed E-state index contributed by atoms with van der Waals surface area (Å²) in [5, 5.41) is 0. The Morgan fingerprint density at radius 1 is 1.50 bits per heavy atom. The lowest BCUT2D eigenvalue weighted by atomic mass is 10.1. The number of rotatable bonds is 2. The van der Waals surface area contributed by atoms with Crippen molar-refractivity contribution in [3.8, 4) is 0 Å². The number of hydrogen-bond acceptors (Lipinski definition) is 4. The normalized spacial score (nSPS) is 14.2. The third-order valence-electron chi connectivity index (χ3n) is 3.34. The molecule has 0 fully saturated rings. The second-order valence-electron chi connectivity index (χ2n) is 4.79. The largest absolute Gasteiger partial charge is 0.428 e. The topological polar surface area (TPSA) is 72.4 Å². The fraction of sp³-hybridized carbons (Fsp3) is 0.286. The predicted octanol–water partition coefficient (Wildman–Crippen LogP) is 2.15. The maximum absolute atomic E-state index is 12.3. The number of carbonyl (C=O) groups is 1. The van der Waals surface area contributed by atoms with Gasteiger partial charge < -0.3 is 15.1 Å². The van der Waals surface area contributed by atoms with Gasteiger partial charge in [-0.15, -0.1) is 0 Å². The zero-order valence-electron chi connectivity index (χ0n) is 10.8. The number of benzene rings is 1. The van der Waals surface area contributed by atoms with Gasteiger partial charge in [-0.05, 0) is 17.7 Å². The van der Waals surface area contributed by atoms with Gasteiger partial charge in [0.2, 0.25) is 5.91 Å². The Hall–Kier alpha value is -1.82. The highest BCUT2D eigenvalue weighted by Gasteiger charge is 2.24. The second-order valence-corrected chi connectivity index (χ2v) is 5.71. The molecule has 0 saturated heterocycles. The predicted molar refractivity (Wildman–Crippen MR) is 77.9 cm³/mol. The summed E-state index contributed by atoms with van der Waals surface area (Å²) >= 11 is 3.41. The molecule has 0 atom stereocenters. The maximum atomic E-state index is 12.3. The Labute approximate surface area is 124 Å². The molecule has 1 aromatic heterocycles. The van der Waals surface area contributed by atoms with Crippen LogP contribution in [-0.4, -0.2) is 22.3 Å². The van der Waals surface area contributed by atoms with Gasteiger partial charge in [0.1, 0.15) is 11.5 Å². The van der Waals surface area contributed by atoms with Crippen molar-refractivity contribution in [2.75, 3.05) is 12.3 Å². The van der Waals surface area contributed by atoms with Gasteiger partial charge in [-0.25, -0.2) is 0 Å². The molecular formula is C14H14BrN3O2. The quantitative estimate of drug-likeness (QED) is 0.912. The van der Waals surface area contributed by atoms with Gasteiger partial charge in [0.05, 0.1) is 13.0 Å². The SMILES string of the molecule is Nc1nc2c(o1)CCN(C(=O)Cc1cccc(Br)c1)C2. The Balaban J connectivity index is 1.70. The standard InChI is InChI=1S/C14H14BrN3O2/c15-10-3-1-2-9(6-10)7-13(19)18-5-4-12-11(8-18)17-14(16)20-12/h1-3,6H,4-5,7-8H2,(H2,16,17). The summed E-state index contributed by atoms with van der Waals surface area (Å²) in [5.41, 5.74) is 7.30. The molecule has 6 heteroatoms. The minimum Gasteiger partial charge on any atom is -0.428 e. The monoisotopic (exact) mass is 335 g/mol. The number of nitrogen functional groups attached to an aromatic ring is 1. The molecule has 1 aromatic carbocycles. The summed E-state index contributed by atoms with van der Waals surface area (Å²) in [5.74, 6) is 0.893. The summed E-state index contributed by atoms with van der Waals surface area (Å²) in [7, 11) is 0. The third-order valence-corrected chi connectivity index (χ3v) is 3.83. The van der Waals surface area contributed by atoms with E-state index in [2.05, 4.69) is 20.9 Å². The molecule has 0 bridgehead atoms. The number of fused-ring (bicyclic) bond motifs is 1. The van der Waals surface area contributed by atoms with Crippen LogP contribution < -0.4 is 5.73 Å². The first kappa shape index (κ1) is 13.2. The van der Waals surface area contributed by atoms with Crippen LogP contribution >= 0.6 is 15.9 Å². The smallest absolute Gasteiger partial charge is 0.292 e.